The minimum atomic E-state index is -0.494. The topological polar surface area (TPSA) is 56.3 Å². The molecule has 0 amide bonds. The summed E-state index contributed by atoms with van der Waals surface area (Å²) in [6, 6.07) is 3.14. The summed E-state index contributed by atoms with van der Waals surface area (Å²) >= 11 is 0. The Hall–Kier alpha value is -1.58. The van der Waals surface area contributed by atoms with Crippen LogP contribution in [0.25, 0.3) is 0 Å². The van der Waals surface area contributed by atoms with E-state index in [0.717, 1.165) is 12.2 Å². The third kappa shape index (κ3) is 1.14. The third-order valence-electron chi connectivity index (χ3n) is 3.53. The second-order valence-electron chi connectivity index (χ2n) is 4.27. The summed E-state index contributed by atoms with van der Waals surface area (Å²) in [6.07, 6.45) is 6.56. The van der Waals surface area contributed by atoms with Crippen molar-refractivity contribution < 1.29 is 9.34 Å². The van der Waals surface area contributed by atoms with Crippen LogP contribution in [0.1, 0.15) is 18.1 Å². The van der Waals surface area contributed by atoms with E-state index in [-0.39, 0.29) is 22.7 Å². The number of allylic oxidation sites excluding steroid dienone is 1. The minimum absolute atomic E-state index is 0.0648. The van der Waals surface area contributed by atoms with Crippen LogP contribution in [0.4, 0.5) is 0 Å². The lowest BCUT2D eigenvalue weighted by molar-refractivity contribution is -0.530. The third-order valence-corrected chi connectivity index (χ3v) is 3.53. The van der Waals surface area contributed by atoms with Crippen LogP contribution in [0.3, 0.4) is 0 Å². The van der Waals surface area contributed by atoms with Gasteiger partial charge in [0.25, 0.3) is 0 Å². The van der Waals surface area contributed by atoms with E-state index in [1.54, 1.807) is 12.3 Å². The molecule has 1 heterocycles. The summed E-state index contributed by atoms with van der Waals surface area (Å²) in [5, 5.41) is 11.0. The summed E-state index contributed by atoms with van der Waals surface area (Å²) in [5.41, 5.74) is 0. The van der Waals surface area contributed by atoms with Crippen LogP contribution in [0.5, 0.6) is 0 Å². The zero-order valence-corrected chi connectivity index (χ0v) is 8.08. The highest BCUT2D eigenvalue weighted by atomic mass is 16.6. The molecule has 4 nitrogen and oxygen atoms in total. The van der Waals surface area contributed by atoms with Crippen LogP contribution < -0.4 is 0 Å². The maximum atomic E-state index is 11.0. The van der Waals surface area contributed by atoms with Gasteiger partial charge < -0.3 is 4.42 Å². The molecule has 4 heteroatoms. The smallest absolute Gasteiger partial charge is 0.229 e. The molecule has 78 valence electrons. The second kappa shape index (κ2) is 2.95. The van der Waals surface area contributed by atoms with E-state index in [9.17, 15) is 10.1 Å². The molecule has 1 fully saturated rings. The predicted octanol–water partition coefficient (Wildman–Crippen LogP) is 2.21. The molecule has 0 N–H and O–H groups in total. The molecule has 2 aliphatic rings. The van der Waals surface area contributed by atoms with Crippen molar-refractivity contribution in [1.29, 1.82) is 0 Å². The summed E-state index contributed by atoms with van der Waals surface area (Å²) in [5.74, 6) is 1.08. The zero-order chi connectivity index (χ0) is 10.4. The summed E-state index contributed by atoms with van der Waals surface area (Å²) in [7, 11) is 0. The van der Waals surface area contributed by atoms with Gasteiger partial charge in [-0.15, -0.1) is 0 Å². The zero-order valence-electron chi connectivity index (χ0n) is 8.08. The lowest BCUT2D eigenvalue weighted by atomic mass is 9.87. The van der Waals surface area contributed by atoms with Gasteiger partial charge in [-0.1, -0.05) is 12.2 Å². The van der Waals surface area contributed by atoms with Gasteiger partial charge in [0.15, 0.2) is 0 Å². The predicted molar refractivity (Wildman–Crippen MR) is 53.0 cm³/mol. The van der Waals surface area contributed by atoms with Gasteiger partial charge in [0.05, 0.1) is 12.2 Å². The van der Waals surface area contributed by atoms with Gasteiger partial charge in [-0.25, -0.2) is 0 Å². The van der Waals surface area contributed by atoms with Crippen molar-refractivity contribution in [3.05, 3.63) is 46.4 Å². The van der Waals surface area contributed by atoms with Crippen LogP contribution in [-0.2, 0) is 0 Å². The van der Waals surface area contributed by atoms with Crippen LogP contribution in [0.2, 0.25) is 0 Å². The van der Waals surface area contributed by atoms with E-state index in [4.69, 9.17) is 4.42 Å². The number of nitro groups is 1. The Kier molecular flexibility index (Phi) is 1.71. The summed E-state index contributed by atoms with van der Waals surface area (Å²) < 4.78 is 5.31. The number of nitrogens with zero attached hydrogens (tertiary/aromatic N) is 1. The summed E-state index contributed by atoms with van der Waals surface area (Å²) in [6.45, 7) is 0. The van der Waals surface area contributed by atoms with Crippen molar-refractivity contribution in [2.45, 2.75) is 18.4 Å². The normalized spacial score (nSPS) is 37.3. The lowest BCUT2D eigenvalue weighted by Crippen LogP contribution is -2.31. The standard InChI is InChI=1S/C11H11NO3/c13-12(14)11-8-4-3-7(6-8)10(11)9-2-1-5-15-9/h1-5,7-8,10-11H,6H2/t7-,8+,10+,11+/m1/s1. The van der Waals surface area contributed by atoms with E-state index in [1.807, 2.05) is 12.1 Å². The maximum absolute atomic E-state index is 11.0. The number of fused-ring (bicyclic) bond motifs is 2. The molecule has 0 aliphatic heterocycles. The van der Waals surface area contributed by atoms with Crippen molar-refractivity contribution in [2.75, 3.05) is 0 Å². The molecule has 15 heavy (non-hydrogen) atoms. The molecule has 2 aliphatic carbocycles. The van der Waals surface area contributed by atoms with Crippen LogP contribution in [-0.4, -0.2) is 11.0 Å². The van der Waals surface area contributed by atoms with Gasteiger partial charge in [0.2, 0.25) is 6.04 Å². The monoisotopic (exact) mass is 205 g/mol. The van der Waals surface area contributed by atoms with E-state index < -0.39 is 6.04 Å². The molecule has 1 aromatic rings. The molecular weight excluding hydrogens is 194 g/mol. The van der Waals surface area contributed by atoms with E-state index in [1.165, 1.54) is 0 Å². The lowest BCUT2D eigenvalue weighted by Gasteiger charge is -2.19. The van der Waals surface area contributed by atoms with Crippen molar-refractivity contribution in [3.63, 3.8) is 0 Å². The molecule has 4 atom stereocenters. The fourth-order valence-electron chi connectivity index (χ4n) is 2.94. The molecule has 0 unspecified atom stereocenters. The Bertz CT molecular complexity index is 409. The quantitative estimate of drug-likeness (QED) is 0.422. The molecule has 2 bridgehead atoms. The molecule has 0 saturated heterocycles. The van der Waals surface area contributed by atoms with Gasteiger partial charge >= 0.3 is 0 Å². The van der Waals surface area contributed by atoms with Gasteiger partial charge in [0.1, 0.15) is 5.76 Å². The Morgan fingerprint density at radius 3 is 2.87 bits per heavy atom. The Balaban J connectivity index is 2.00. The largest absolute Gasteiger partial charge is 0.469 e. The van der Waals surface area contributed by atoms with Crippen LogP contribution in [0.15, 0.2) is 35.0 Å². The molecular formula is C11H11NO3. The summed E-state index contributed by atoms with van der Waals surface area (Å²) in [4.78, 5) is 10.9. The number of hydrogen-bond acceptors (Lipinski definition) is 3. The van der Waals surface area contributed by atoms with E-state index in [0.29, 0.717) is 0 Å². The van der Waals surface area contributed by atoms with E-state index in [2.05, 4.69) is 6.08 Å². The van der Waals surface area contributed by atoms with Crippen LogP contribution >= 0.6 is 0 Å². The first-order valence-electron chi connectivity index (χ1n) is 5.12. The molecule has 0 aromatic carbocycles. The average Bonchev–Trinajstić information content (AvgIpc) is 2.92. The highest BCUT2D eigenvalue weighted by Crippen LogP contribution is 2.50. The second-order valence-corrected chi connectivity index (χ2v) is 4.27. The minimum Gasteiger partial charge on any atom is -0.469 e. The van der Waals surface area contributed by atoms with Gasteiger partial charge in [0, 0.05) is 10.8 Å². The fraction of sp³-hybridized carbons (Fsp3) is 0.455. The van der Waals surface area contributed by atoms with Crippen molar-refractivity contribution >= 4 is 0 Å². The van der Waals surface area contributed by atoms with Gasteiger partial charge in [-0.3, -0.25) is 10.1 Å². The van der Waals surface area contributed by atoms with Crippen LogP contribution in [0, 0.1) is 22.0 Å². The molecule has 3 rings (SSSR count). The average molecular weight is 205 g/mol. The first kappa shape index (κ1) is 8.71. The fourth-order valence-corrected chi connectivity index (χ4v) is 2.94. The Morgan fingerprint density at radius 2 is 2.20 bits per heavy atom. The van der Waals surface area contributed by atoms with Gasteiger partial charge in [-0.05, 0) is 24.5 Å². The highest BCUT2D eigenvalue weighted by molar-refractivity contribution is 5.24. The van der Waals surface area contributed by atoms with Crippen molar-refractivity contribution in [2.24, 2.45) is 11.8 Å². The molecule has 1 aromatic heterocycles. The van der Waals surface area contributed by atoms with Gasteiger partial charge in [-0.2, -0.15) is 0 Å². The molecule has 0 spiro atoms. The highest BCUT2D eigenvalue weighted by Gasteiger charge is 2.53. The first-order chi connectivity index (χ1) is 7.27. The Morgan fingerprint density at radius 1 is 1.40 bits per heavy atom. The number of rotatable bonds is 2. The molecule has 1 saturated carbocycles. The Labute approximate surface area is 86.7 Å². The first-order valence-corrected chi connectivity index (χ1v) is 5.12. The van der Waals surface area contributed by atoms with E-state index >= 15 is 0 Å². The van der Waals surface area contributed by atoms with Crippen molar-refractivity contribution in [1.82, 2.24) is 0 Å². The maximum Gasteiger partial charge on any atom is 0.229 e. The number of furan rings is 1. The molecule has 0 radical (unpaired) electrons. The number of hydrogen-bond donors (Lipinski definition) is 0. The SMILES string of the molecule is O=[N+]([O-])[C@@H]1[C@H](c2ccco2)[C@@H]2C=C[C@H]1C2. The van der Waals surface area contributed by atoms with Crippen molar-refractivity contribution in [3.8, 4) is 0 Å².